The quantitative estimate of drug-likeness (QED) is 0.892. The van der Waals surface area contributed by atoms with E-state index in [1.807, 2.05) is 0 Å². The van der Waals surface area contributed by atoms with Crippen LogP contribution in [-0.2, 0) is 9.53 Å². The van der Waals surface area contributed by atoms with Crippen molar-refractivity contribution in [2.75, 3.05) is 18.5 Å². The molecule has 0 heterocycles. The molecular weight excluding hydrogens is 324 g/mol. The molecule has 1 N–H and O–H groups in total. The second kappa shape index (κ2) is 5.99. The number of ether oxygens (including phenoxy) is 1. The van der Waals surface area contributed by atoms with Crippen molar-refractivity contribution in [2.24, 2.45) is 5.92 Å². The highest BCUT2D eigenvalue weighted by atomic mass is 79.9. The third kappa shape index (κ3) is 3.93. The normalized spacial score (nSPS) is 14.6. The third-order valence-electron chi connectivity index (χ3n) is 2.55. The van der Waals surface area contributed by atoms with Gasteiger partial charge in [0.25, 0.3) is 0 Å². The Bertz CT molecular complexity index is 442. The fraction of sp³-hybridized carbons (Fsp3) is 0.417. The minimum Gasteiger partial charge on any atom is -0.371 e. The van der Waals surface area contributed by atoms with Crippen molar-refractivity contribution in [1.29, 1.82) is 0 Å². The van der Waals surface area contributed by atoms with Gasteiger partial charge in [-0.1, -0.05) is 11.6 Å². The number of anilines is 1. The highest BCUT2D eigenvalue weighted by Gasteiger charge is 2.21. The van der Waals surface area contributed by atoms with Crippen molar-refractivity contribution >= 4 is 39.1 Å². The molecule has 1 aliphatic rings. The molecule has 0 unspecified atom stereocenters. The van der Waals surface area contributed by atoms with Gasteiger partial charge in [-0.05, 0) is 46.8 Å². The van der Waals surface area contributed by atoms with Gasteiger partial charge in [0.2, 0.25) is 5.91 Å². The van der Waals surface area contributed by atoms with Gasteiger partial charge in [-0.2, -0.15) is 0 Å². The number of hydrogen-bond acceptors (Lipinski definition) is 2. The Morgan fingerprint density at radius 2 is 2.28 bits per heavy atom. The average molecular weight is 337 g/mol. The lowest BCUT2D eigenvalue weighted by Crippen LogP contribution is -2.19. The maximum atomic E-state index is 13.0. The predicted octanol–water partition coefficient (Wildman–Crippen LogP) is 3.61. The Hall–Kier alpha value is -0.650. The first-order valence-corrected chi connectivity index (χ1v) is 6.75. The van der Waals surface area contributed by atoms with Gasteiger partial charge < -0.3 is 10.1 Å². The molecule has 0 aromatic heterocycles. The van der Waals surface area contributed by atoms with Gasteiger partial charge in [-0.15, -0.1) is 0 Å². The van der Waals surface area contributed by atoms with E-state index in [0.29, 0.717) is 22.7 Å². The van der Waals surface area contributed by atoms with E-state index in [0.717, 1.165) is 6.07 Å². The van der Waals surface area contributed by atoms with E-state index < -0.39 is 5.82 Å². The Morgan fingerprint density at radius 3 is 2.89 bits per heavy atom. The fourth-order valence-corrected chi connectivity index (χ4v) is 2.34. The summed E-state index contributed by atoms with van der Waals surface area (Å²) in [7, 11) is 0. The molecule has 3 nitrogen and oxygen atoms in total. The van der Waals surface area contributed by atoms with E-state index in [1.54, 1.807) is 0 Å². The molecule has 0 aliphatic heterocycles. The zero-order valence-corrected chi connectivity index (χ0v) is 11.9. The summed E-state index contributed by atoms with van der Waals surface area (Å²) in [5.74, 6) is -0.154. The van der Waals surface area contributed by atoms with Gasteiger partial charge in [0, 0.05) is 4.47 Å². The summed E-state index contributed by atoms with van der Waals surface area (Å²) in [6, 6.07) is 2.39. The molecule has 0 bridgehead atoms. The fourth-order valence-electron chi connectivity index (χ4n) is 1.44. The molecule has 1 aromatic carbocycles. The van der Waals surface area contributed by atoms with Crippen LogP contribution in [0.2, 0.25) is 5.02 Å². The molecule has 98 valence electrons. The van der Waals surface area contributed by atoms with Crippen LogP contribution in [0.15, 0.2) is 16.6 Å². The Balaban J connectivity index is 1.89. The summed E-state index contributed by atoms with van der Waals surface area (Å²) in [5.41, 5.74) is 0.359. The molecule has 2 rings (SSSR count). The van der Waals surface area contributed by atoms with E-state index in [4.69, 9.17) is 16.3 Å². The van der Waals surface area contributed by atoms with E-state index in [-0.39, 0.29) is 17.5 Å². The smallest absolute Gasteiger partial charge is 0.250 e. The van der Waals surface area contributed by atoms with Gasteiger partial charge >= 0.3 is 0 Å². The van der Waals surface area contributed by atoms with Crippen molar-refractivity contribution < 1.29 is 13.9 Å². The monoisotopic (exact) mass is 335 g/mol. The molecule has 0 spiro atoms. The molecule has 6 heteroatoms. The van der Waals surface area contributed by atoms with Crippen molar-refractivity contribution in [2.45, 2.75) is 12.8 Å². The van der Waals surface area contributed by atoms with Crippen LogP contribution in [0.5, 0.6) is 0 Å². The van der Waals surface area contributed by atoms with Crippen LogP contribution in [0, 0.1) is 11.7 Å². The molecule has 1 amide bonds. The van der Waals surface area contributed by atoms with Gasteiger partial charge in [-0.3, -0.25) is 4.79 Å². The molecule has 1 aliphatic carbocycles. The van der Waals surface area contributed by atoms with Crippen molar-refractivity contribution in [1.82, 2.24) is 0 Å². The van der Waals surface area contributed by atoms with Crippen molar-refractivity contribution in [3.8, 4) is 0 Å². The Labute approximate surface area is 118 Å². The van der Waals surface area contributed by atoms with Crippen LogP contribution in [0.4, 0.5) is 10.1 Å². The van der Waals surface area contributed by atoms with Crippen LogP contribution in [0.1, 0.15) is 12.8 Å². The number of hydrogen-bond donors (Lipinski definition) is 1. The van der Waals surface area contributed by atoms with Gasteiger partial charge in [0.05, 0.1) is 17.3 Å². The maximum Gasteiger partial charge on any atom is 0.250 e. The zero-order valence-electron chi connectivity index (χ0n) is 9.51. The van der Waals surface area contributed by atoms with Crippen molar-refractivity contribution in [3.05, 3.63) is 27.4 Å². The first kappa shape index (κ1) is 13.8. The second-order valence-electron chi connectivity index (χ2n) is 4.25. The van der Waals surface area contributed by atoms with Crippen LogP contribution < -0.4 is 5.32 Å². The highest BCUT2D eigenvalue weighted by Crippen LogP contribution is 2.32. The van der Waals surface area contributed by atoms with Crippen LogP contribution >= 0.6 is 27.5 Å². The Morgan fingerprint density at radius 1 is 1.56 bits per heavy atom. The van der Waals surface area contributed by atoms with Crippen molar-refractivity contribution in [3.63, 3.8) is 0 Å². The molecule has 1 saturated carbocycles. The number of rotatable bonds is 5. The van der Waals surface area contributed by atoms with Gasteiger partial charge in [-0.25, -0.2) is 4.39 Å². The zero-order chi connectivity index (χ0) is 13.1. The van der Waals surface area contributed by atoms with E-state index in [9.17, 15) is 9.18 Å². The highest BCUT2D eigenvalue weighted by molar-refractivity contribution is 9.10. The molecule has 0 saturated heterocycles. The minimum atomic E-state index is -0.463. The summed E-state index contributed by atoms with van der Waals surface area (Å²) in [4.78, 5) is 11.6. The average Bonchev–Trinajstić information content (AvgIpc) is 3.07. The number of halogens is 3. The van der Waals surface area contributed by atoms with Gasteiger partial charge in [0.15, 0.2) is 0 Å². The van der Waals surface area contributed by atoms with Gasteiger partial charge in [0.1, 0.15) is 12.4 Å². The lowest BCUT2D eigenvalue weighted by Gasteiger charge is -2.10. The summed E-state index contributed by atoms with van der Waals surface area (Å²) in [5, 5.41) is 2.74. The largest absolute Gasteiger partial charge is 0.371 e. The number of amides is 1. The number of carbonyl (C=O) groups is 1. The summed E-state index contributed by atoms with van der Waals surface area (Å²) >= 11 is 9.00. The number of nitrogens with one attached hydrogen (secondary N) is 1. The lowest BCUT2D eigenvalue weighted by atomic mass is 10.3. The third-order valence-corrected chi connectivity index (χ3v) is 3.48. The maximum absolute atomic E-state index is 13.0. The summed E-state index contributed by atoms with van der Waals surface area (Å²) < 4.78 is 18.6. The lowest BCUT2D eigenvalue weighted by molar-refractivity contribution is -0.120. The second-order valence-corrected chi connectivity index (χ2v) is 5.51. The first-order valence-electron chi connectivity index (χ1n) is 5.58. The van der Waals surface area contributed by atoms with Crippen LogP contribution in [0.3, 0.4) is 0 Å². The molecular formula is C12H12BrClFNO2. The molecule has 0 radical (unpaired) electrons. The van der Waals surface area contributed by atoms with Crippen LogP contribution in [-0.4, -0.2) is 19.1 Å². The minimum absolute atomic E-state index is 0.0172. The summed E-state index contributed by atoms with van der Waals surface area (Å²) in [6.07, 6.45) is 2.36. The number of benzene rings is 1. The van der Waals surface area contributed by atoms with E-state index >= 15 is 0 Å². The topological polar surface area (TPSA) is 38.3 Å². The van der Waals surface area contributed by atoms with Crippen LogP contribution in [0.25, 0.3) is 0 Å². The molecule has 1 fully saturated rings. The molecule has 1 aromatic rings. The number of carbonyl (C=O) groups excluding carboxylic acids is 1. The predicted molar refractivity (Wildman–Crippen MR) is 71.3 cm³/mol. The summed E-state index contributed by atoms with van der Waals surface area (Å²) in [6.45, 7) is 0.600. The van der Waals surface area contributed by atoms with E-state index in [1.165, 1.54) is 18.9 Å². The standard InChI is InChI=1S/C12H12BrClFNO2/c13-9-3-8(15)4-10(14)12(9)16-11(17)6-18-5-7-1-2-7/h3-4,7H,1-2,5-6H2,(H,16,17). The van der Waals surface area contributed by atoms with E-state index in [2.05, 4.69) is 21.2 Å². The first-order chi connectivity index (χ1) is 8.56. The SMILES string of the molecule is O=C(COCC1CC1)Nc1c(Cl)cc(F)cc1Br. The molecule has 18 heavy (non-hydrogen) atoms. The molecule has 0 atom stereocenters. The Kier molecular flexibility index (Phi) is 4.59.